The van der Waals surface area contributed by atoms with Crippen molar-refractivity contribution in [2.75, 3.05) is 6.73 Å². The number of H-pyrrole nitrogens is 1. The maximum absolute atomic E-state index is 12.4. The zero-order chi connectivity index (χ0) is 18.0. The van der Waals surface area contributed by atoms with Gasteiger partial charge in [0.05, 0.1) is 21.9 Å². The van der Waals surface area contributed by atoms with Gasteiger partial charge in [-0.3, -0.25) is 9.64 Å². The largest absolute Gasteiger partial charge is 0.424 e. The average Bonchev–Trinajstić information content (AvgIpc) is 3.02. The molecular weight excluding hydrogens is 358 g/mol. The van der Waals surface area contributed by atoms with Crippen LogP contribution < -0.4 is 10.2 Å². The first kappa shape index (κ1) is 17.5. The van der Waals surface area contributed by atoms with E-state index in [2.05, 4.69) is 28.7 Å². The van der Waals surface area contributed by atoms with E-state index in [1.54, 1.807) is 23.5 Å². The number of nitrogens with zero attached hydrogens (tertiary/aromatic N) is 2. The summed E-state index contributed by atoms with van der Waals surface area (Å²) in [7, 11) is 0. The number of aromatic nitrogens is 2. The van der Waals surface area contributed by atoms with Gasteiger partial charge in [0.1, 0.15) is 10.8 Å². The molecule has 3 rings (SSSR count). The number of rotatable bonds is 5. The van der Waals surface area contributed by atoms with Crippen LogP contribution in [0.15, 0.2) is 28.4 Å². The Hall–Kier alpha value is -2.36. The van der Waals surface area contributed by atoms with Gasteiger partial charge in [-0.1, -0.05) is 25.4 Å². The van der Waals surface area contributed by atoms with Gasteiger partial charge in [0.15, 0.2) is 5.43 Å². The molecule has 0 aliphatic rings. The Labute approximate surface area is 154 Å². The summed E-state index contributed by atoms with van der Waals surface area (Å²) in [5.74, 6) is 0.892. The molecule has 0 spiro atoms. The second kappa shape index (κ2) is 7.26. The molecule has 2 heterocycles. The second-order valence-corrected chi connectivity index (χ2v) is 7.32. The number of pyridine rings is 1. The van der Waals surface area contributed by atoms with Gasteiger partial charge in [-0.15, -0.1) is 11.3 Å². The lowest BCUT2D eigenvalue weighted by Gasteiger charge is -2.08. The summed E-state index contributed by atoms with van der Waals surface area (Å²) in [5, 5.41) is 3.73. The summed E-state index contributed by atoms with van der Waals surface area (Å²) < 4.78 is 5.31. The number of benzene rings is 1. The summed E-state index contributed by atoms with van der Waals surface area (Å²) in [6.45, 7) is 11.0. The average molecular weight is 374 g/mol. The molecule has 0 aliphatic heterocycles. The number of thiazole rings is 1. The summed E-state index contributed by atoms with van der Waals surface area (Å²) in [6, 6.07) is 4.79. The summed E-state index contributed by atoms with van der Waals surface area (Å²) >= 11 is 7.95. The molecule has 0 saturated carbocycles. The molecule has 0 fully saturated rings. The van der Waals surface area contributed by atoms with E-state index in [4.69, 9.17) is 22.9 Å². The van der Waals surface area contributed by atoms with Gasteiger partial charge in [0, 0.05) is 23.3 Å². The van der Waals surface area contributed by atoms with E-state index < -0.39 is 0 Å². The van der Waals surface area contributed by atoms with Gasteiger partial charge in [-0.2, -0.15) is 0 Å². The van der Waals surface area contributed by atoms with E-state index in [0.29, 0.717) is 28.3 Å². The van der Waals surface area contributed by atoms with Crippen molar-refractivity contribution in [2.24, 2.45) is 5.92 Å². The molecule has 0 bridgehead atoms. The smallest absolute Gasteiger partial charge is 0.357 e. The highest BCUT2D eigenvalue weighted by Crippen LogP contribution is 2.32. The molecule has 3 aromatic rings. The summed E-state index contributed by atoms with van der Waals surface area (Å²) in [6.07, 6.45) is 0.901. The molecule has 0 aliphatic carbocycles. The number of fused-ring (bicyclic) bond motifs is 1. The van der Waals surface area contributed by atoms with Crippen molar-refractivity contribution in [1.29, 1.82) is 0 Å². The highest BCUT2D eigenvalue weighted by atomic mass is 35.5. The maximum atomic E-state index is 12.4. The molecule has 1 N–H and O–H groups in total. The van der Waals surface area contributed by atoms with Crippen LogP contribution in [-0.2, 0) is 6.42 Å². The van der Waals surface area contributed by atoms with Crippen LogP contribution in [0.1, 0.15) is 18.9 Å². The van der Waals surface area contributed by atoms with Gasteiger partial charge in [-0.05, 0) is 18.1 Å². The number of nitrogens with one attached hydrogen (secondary N) is 1. The maximum Gasteiger partial charge on any atom is 0.357 e. The topological polar surface area (TPSA) is 59.3 Å². The van der Waals surface area contributed by atoms with Crippen LogP contribution in [0.25, 0.3) is 27.1 Å². The van der Waals surface area contributed by atoms with Crippen LogP contribution in [0.3, 0.4) is 0 Å². The first-order valence-electron chi connectivity index (χ1n) is 7.76. The molecule has 0 radical (unpaired) electrons. The fourth-order valence-electron chi connectivity index (χ4n) is 2.49. The Morgan fingerprint density at radius 3 is 2.96 bits per heavy atom. The molecule has 1 aromatic carbocycles. The van der Waals surface area contributed by atoms with Crippen LogP contribution >= 0.6 is 22.9 Å². The monoisotopic (exact) mass is 373 g/mol. The van der Waals surface area contributed by atoms with Crippen molar-refractivity contribution in [2.45, 2.75) is 20.3 Å². The first-order chi connectivity index (χ1) is 12.0. The van der Waals surface area contributed by atoms with Crippen molar-refractivity contribution in [3.63, 3.8) is 0 Å². The molecule has 0 atom stereocenters. The van der Waals surface area contributed by atoms with Crippen LogP contribution in [-0.4, -0.2) is 16.7 Å². The van der Waals surface area contributed by atoms with Crippen LogP contribution in [0.2, 0.25) is 5.02 Å². The zero-order valence-corrected chi connectivity index (χ0v) is 15.4. The fraction of sp³-hybridized carbons (Fsp3) is 0.278. The van der Waals surface area contributed by atoms with Crippen molar-refractivity contribution >= 4 is 33.8 Å². The minimum absolute atomic E-state index is 0.125. The quantitative estimate of drug-likeness (QED) is 0.656. The molecule has 7 heteroatoms. The zero-order valence-electron chi connectivity index (χ0n) is 13.8. The summed E-state index contributed by atoms with van der Waals surface area (Å²) in [4.78, 5) is 23.4. The molecule has 0 amide bonds. The molecule has 128 valence electrons. The number of aromatic amines is 1. The SMILES string of the molecule is [C-]#[N+]COc1ccc2c(=O)cc(-c3csc(CC(C)C)n3)[nH]c2c1Cl. The molecule has 2 aromatic heterocycles. The van der Waals surface area contributed by atoms with E-state index in [1.807, 2.05) is 5.38 Å². The highest BCUT2D eigenvalue weighted by Gasteiger charge is 2.14. The lowest BCUT2D eigenvalue weighted by Crippen LogP contribution is -2.04. The van der Waals surface area contributed by atoms with E-state index in [9.17, 15) is 4.79 Å². The van der Waals surface area contributed by atoms with Gasteiger partial charge in [-0.25, -0.2) is 11.6 Å². The Bertz CT molecular complexity index is 1020. The molecule has 25 heavy (non-hydrogen) atoms. The van der Waals surface area contributed by atoms with Crippen molar-refractivity contribution in [1.82, 2.24) is 9.97 Å². The summed E-state index contributed by atoms with van der Waals surface area (Å²) in [5.41, 5.74) is 1.70. The molecule has 5 nitrogen and oxygen atoms in total. The Morgan fingerprint density at radius 2 is 2.24 bits per heavy atom. The van der Waals surface area contributed by atoms with Crippen molar-refractivity contribution in [3.8, 4) is 17.1 Å². The van der Waals surface area contributed by atoms with Gasteiger partial charge >= 0.3 is 6.73 Å². The Morgan fingerprint density at radius 1 is 1.44 bits per heavy atom. The van der Waals surface area contributed by atoms with Gasteiger partial charge in [0.25, 0.3) is 0 Å². The number of ether oxygens (including phenoxy) is 1. The number of halogens is 1. The van der Waals surface area contributed by atoms with Crippen LogP contribution in [0.5, 0.6) is 5.75 Å². The predicted octanol–water partition coefficient (Wildman–Crippen LogP) is 4.76. The minimum atomic E-state index is -0.138. The van der Waals surface area contributed by atoms with Crippen molar-refractivity contribution in [3.05, 3.63) is 55.2 Å². The van der Waals surface area contributed by atoms with Crippen LogP contribution in [0.4, 0.5) is 0 Å². The highest BCUT2D eigenvalue weighted by molar-refractivity contribution is 7.09. The normalized spacial score (nSPS) is 11.0. The van der Waals surface area contributed by atoms with Gasteiger partial charge in [0.2, 0.25) is 0 Å². The van der Waals surface area contributed by atoms with E-state index >= 15 is 0 Å². The number of hydrogen-bond acceptors (Lipinski definition) is 4. The van der Waals surface area contributed by atoms with Crippen LogP contribution in [0, 0.1) is 12.5 Å². The van der Waals surface area contributed by atoms with E-state index in [-0.39, 0.29) is 17.2 Å². The minimum Gasteiger partial charge on any atom is -0.424 e. The second-order valence-electron chi connectivity index (χ2n) is 6.00. The third kappa shape index (κ3) is 3.68. The molecule has 0 saturated heterocycles. The standard InChI is InChI=1S/C18H16ClN3O2S/c1-10(2)6-16-21-13(8-25-16)12-7-14(23)11-4-5-15(24-9-20-3)17(19)18(11)22-12/h4-5,7-8,10H,6,9H2,1-2H3,(H,22,23). The third-order valence-electron chi connectivity index (χ3n) is 3.60. The lowest BCUT2D eigenvalue weighted by molar-refractivity contribution is 0.362. The third-order valence-corrected chi connectivity index (χ3v) is 4.85. The van der Waals surface area contributed by atoms with E-state index in [1.165, 1.54) is 6.07 Å². The lowest BCUT2D eigenvalue weighted by atomic mass is 10.1. The van der Waals surface area contributed by atoms with Gasteiger partial charge < -0.3 is 9.72 Å². The number of hydrogen-bond donors (Lipinski definition) is 1. The first-order valence-corrected chi connectivity index (χ1v) is 9.01. The molecular formula is C18H16ClN3O2S. The Balaban J connectivity index is 2.08. The molecule has 0 unspecified atom stereocenters. The fourth-order valence-corrected chi connectivity index (χ4v) is 3.77. The van der Waals surface area contributed by atoms with Crippen molar-refractivity contribution < 1.29 is 4.74 Å². The van der Waals surface area contributed by atoms with E-state index in [0.717, 1.165) is 17.1 Å². The Kier molecular flexibility index (Phi) is 5.07. The predicted molar refractivity (Wildman–Crippen MR) is 101 cm³/mol.